The topological polar surface area (TPSA) is 8.17 Å². The van der Waals surface area contributed by atoms with Crippen molar-refractivity contribution in [3.05, 3.63) is 142 Å². The Bertz CT molecular complexity index is 2100. The molecule has 6 aromatic rings. The third-order valence-electron chi connectivity index (χ3n) is 9.17. The van der Waals surface area contributed by atoms with Crippen LogP contribution in [0.15, 0.2) is 115 Å². The number of hydrogen-bond donors (Lipinski definition) is 0. The zero-order valence-electron chi connectivity index (χ0n) is 29.6. The second kappa shape index (κ2) is 12.5. The summed E-state index contributed by atoms with van der Waals surface area (Å²) in [6.07, 6.45) is 2.27. The number of fused-ring (bicyclic) bond motifs is 1. The van der Waals surface area contributed by atoms with Crippen LogP contribution in [0.2, 0.25) is 10.0 Å². The number of nitrogens with zero attached hydrogens (tertiary/aromatic N) is 2. The van der Waals surface area contributed by atoms with Gasteiger partial charge in [-0.15, -0.1) is 0 Å². The SMILES string of the molecule is CC(C)(C)c1cc(Cl)cc(-n2cc(N(c3cccc(Cl)c3)c3ccc(C(C)(C)C)cc3-c3ccccc3)c3cc(C(C)(C)C)ccc32)c1. The molecular weight excluding hydrogens is 627 g/mol. The van der Waals surface area contributed by atoms with E-state index in [2.05, 4.69) is 175 Å². The molecule has 0 aliphatic rings. The summed E-state index contributed by atoms with van der Waals surface area (Å²) in [5.74, 6) is 0. The lowest BCUT2D eigenvalue weighted by Crippen LogP contribution is -2.15. The summed E-state index contributed by atoms with van der Waals surface area (Å²) in [7, 11) is 0. The predicted molar refractivity (Wildman–Crippen MR) is 210 cm³/mol. The molecule has 0 atom stereocenters. The van der Waals surface area contributed by atoms with Gasteiger partial charge >= 0.3 is 0 Å². The molecule has 0 aliphatic carbocycles. The van der Waals surface area contributed by atoms with Gasteiger partial charge in [0, 0.05) is 38.6 Å². The molecule has 1 aromatic heterocycles. The lowest BCUT2D eigenvalue weighted by molar-refractivity contribution is 0.589. The van der Waals surface area contributed by atoms with Crippen molar-refractivity contribution in [2.24, 2.45) is 0 Å². The van der Waals surface area contributed by atoms with E-state index < -0.39 is 0 Å². The fourth-order valence-corrected chi connectivity index (χ4v) is 6.70. The van der Waals surface area contributed by atoms with Gasteiger partial charge in [0.1, 0.15) is 0 Å². The maximum atomic E-state index is 6.82. The van der Waals surface area contributed by atoms with Crippen LogP contribution in [0.25, 0.3) is 27.7 Å². The van der Waals surface area contributed by atoms with Gasteiger partial charge in [0.15, 0.2) is 0 Å². The van der Waals surface area contributed by atoms with Crippen molar-refractivity contribution in [1.82, 2.24) is 4.57 Å². The first-order chi connectivity index (χ1) is 22.5. The summed E-state index contributed by atoms with van der Waals surface area (Å²) in [5.41, 5.74) is 11.2. The molecule has 5 aromatic carbocycles. The zero-order valence-corrected chi connectivity index (χ0v) is 31.1. The van der Waals surface area contributed by atoms with Crippen LogP contribution in [0.3, 0.4) is 0 Å². The molecule has 246 valence electrons. The zero-order chi connectivity index (χ0) is 34.6. The molecule has 0 bridgehead atoms. The Hall–Kier alpha value is -3.98. The molecule has 0 spiro atoms. The van der Waals surface area contributed by atoms with Crippen LogP contribution in [-0.4, -0.2) is 4.57 Å². The Kier molecular flexibility index (Phi) is 8.81. The number of halogens is 2. The highest BCUT2D eigenvalue weighted by Gasteiger charge is 2.26. The van der Waals surface area contributed by atoms with E-state index >= 15 is 0 Å². The van der Waals surface area contributed by atoms with Crippen LogP contribution in [0, 0.1) is 0 Å². The second-order valence-electron chi connectivity index (χ2n) is 16.0. The van der Waals surface area contributed by atoms with Crippen molar-refractivity contribution < 1.29 is 0 Å². The average molecular weight is 674 g/mol. The van der Waals surface area contributed by atoms with Gasteiger partial charge in [0.25, 0.3) is 0 Å². The smallest absolute Gasteiger partial charge is 0.0721 e. The average Bonchev–Trinajstić information content (AvgIpc) is 3.39. The summed E-state index contributed by atoms with van der Waals surface area (Å²) < 4.78 is 2.29. The molecular formula is C44H46Cl2N2. The molecule has 6 rings (SSSR count). The summed E-state index contributed by atoms with van der Waals surface area (Å²) in [6, 6.07) is 39.0. The largest absolute Gasteiger partial charge is 0.314 e. The molecule has 2 nitrogen and oxygen atoms in total. The number of aromatic nitrogens is 1. The fourth-order valence-electron chi connectivity index (χ4n) is 6.29. The highest BCUT2D eigenvalue weighted by atomic mass is 35.5. The van der Waals surface area contributed by atoms with Crippen LogP contribution in [0.1, 0.15) is 79.0 Å². The molecule has 0 fully saturated rings. The molecule has 0 saturated carbocycles. The van der Waals surface area contributed by atoms with Crippen LogP contribution in [0.5, 0.6) is 0 Å². The van der Waals surface area contributed by atoms with E-state index in [0.29, 0.717) is 5.02 Å². The molecule has 0 unspecified atom stereocenters. The molecule has 4 heteroatoms. The number of hydrogen-bond acceptors (Lipinski definition) is 1. The summed E-state index contributed by atoms with van der Waals surface area (Å²) >= 11 is 13.6. The van der Waals surface area contributed by atoms with Crippen molar-refractivity contribution in [2.45, 2.75) is 78.6 Å². The predicted octanol–water partition coefficient (Wildman–Crippen LogP) is 14.0. The third kappa shape index (κ3) is 6.79. The van der Waals surface area contributed by atoms with Gasteiger partial charge in [-0.1, -0.05) is 134 Å². The summed E-state index contributed by atoms with van der Waals surface area (Å²) in [4.78, 5) is 2.38. The van der Waals surface area contributed by atoms with E-state index in [-0.39, 0.29) is 16.2 Å². The Balaban J connectivity index is 1.73. The first kappa shape index (κ1) is 33.9. The van der Waals surface area contributed by atoms with E-state index in [0.717, 1.165) is 49.8 Å². The Morgan fingerprint density at radius 2 is 1.17 bits per heavy atom. The third-order valence-corrected chi connectivity index (χ3v) is 9.63. The number of anilines is 3. The molecule has 0 N–H and O–H groups in total. The van der Waals surface area contributed by atoms with Crippen LogP contribution in [0.4, 0.5) is 17.1 Å². The number of benzene rings is 5. The minimum Gasteiger partial charge on any atom is -0.314 e. The van der Waals surface area contributed by atoms with Gasteiger partial charge in [-0.2, -0.15) is 0 Å². The maximum absolute atomic E-state index is 6.82. The molecule has 48 heavy (non-hydrogen) atoms. The standard InChI is InChI=1S/C44H46Cl2N2/c1-42(2,3)30-19-21-40(37(24-30)29-14-11-10-12-15-29)48(35-17-13-16-33(45)26-35)41-28-47(36-23-32(44(7,8)9)22-34(46)27-36)39-20-18-31(25-38(39)41)43(4,5)6/h10-28H,1-9H3. The Morgan fingerprint density at radius 1 is 0.521 bits per heavy atom. The van der Waals surface area contributed by atoms with Crippen LogP contribution < -0.4 is 4.90 Å². The lowest BCUT2D eigenvalue weighted by Gasteiger charge is -2.29. The fraction of sp³-hybridized carbons (Fsp3) is 0.273. The summed E-state index contributed by atoms with van der Waals surface area (Å²) in [5, 5.41) is 2.57. The highest BCUT2D eigenvalue weighted by Crippen LogP contribution is 2.47. The Morgan fingerprint density at radius 3 is 1.81 bits per heavy atom. The van der Waals surface area contributed by atoms with E-state index in [4.69, 9.17) is 23.2 Å². The van der Waals surface area contributed by atoms with E-state index in [1.54, 1.807) is 0 Å². The van der Waals surface area contributed by atoms with Crippen molar-refractivity contribution >= 4 is 51.2 Å². The second-order valence-corrected chi connectivity index (χ2v) is 16.9. The van der Waals surface area contributed by atoms with Crippen LogP contribution >= 0.6 is 23.2 Å². The monoisotopic (exact) mass is 672 g/mol. The normalized spacial score (nSPS) is 12.5. The van der Waals surface area contributed by atoms with Crippen LogP contribution in [-0.2, 0) is 16.2 Å². The van der Waals surface area contributed by atoms with Gasteiger partial charge < -0.3 is 9.47 Å². The maximum Gasteiger partial charge on any atom is 0.0721 e. The molecule has 0 saturated heterocycles. The first-order valence-electron chi connectivity index (χ1n) is 16.7. The summed E-state index contributed by atoms with van der Waals surface area (Å²) in [6.45, 7) is 20.3. The van der Waals surface area contributed by atoms with E-state index in [9.17, 15) is 0 Å². The van der Waals surface area contributed by atoms with Gasteiger partial charge in [0.2, 0.25) is 0 Å². The van der Waals surface area contributed by atoms with Crippen molar-refractivity contribution in [1.29, 1.82) is 0 Å². The van der Waals surface area contributed by atoms with Crippen molar-refractivity contribution in [3.63, 3.8) is 0 Å². The van der Waals surface area contributed by atoms with Gasteiger partial charge in [-0.3, -0.25) is 0 Å². The molecule has 0 radical (unpaired) electrons. The van der Waals surface area contributed by atoms with E-state index in [1.807, 2.05) is 12.1 Å². The number of rotatable bonds is 5. The minimum absolute atomic E-state index is 0.0160. The first-order valence-corrected chi connectivity index (χ1v) is 17.5. The van der Waals surface area contributed by atoms with Crippen molar-refractivity contribution in [2.75, 3.05) is 4.90 Å². The quantitative estimate of drug-likeness (QED) is 0.177. The van der Waals surface area contributed by atoms with Gasteiger partial charge in [-0.05, 0) is 99.2 Å². The van der Waals surface area contributed by atoms with Gasteiger partial charge in [-0.25, -0.2) is 0 Å². The highest BCUT2D eigenvalue weighted by molar-refractivity contribution is 6.31. The molecule has 0 amide bonds. The Labute approximate surface area is 297 Å². The van der Waals surface area contributed by atoms with Crippen molar-refractivity contribution in [3.8, 4) is 16.8 Å². The van der Waals surface area contributed by atoms with E-state index in [1.165, 1.54) is 16.7 Å². The lowest BCUT2D eigenvalue weighted by atomic mass is 9.84. The van der Waals surface area contributed by atoms with Gasteiger partial charge in [0.05, 0.1) is 16.9 Å². The minimum atomic E-state index is -0.0585. The molecule has 0 aliphatic heterocycles. The molecule has 1 heterocycles.